The number of ether oxygens (including phenoxy) is 3. The van der Waals surface area contributed by atoms with Crippen molar-refractivity contribution in [3.63, 3.8) is 0 Å². The van der Waals surface area contributed by atoms with E-state index in [-0.39, 0.29) is 5.84 Å². The van der Waals surface area contributed by atoms with Gasteiger partial charge in [-0.2, -0.15) is 4.98 Å². The second-order valence-corrected chi connectivity index (χ2v) is 10.4. The van der Waals surface area contributed by atoms with Crippen molar-refractivity contribution in [2.75, 3.05) is 52.1 Å². The summed E-state index contributed by atoms with van der Waals surface area (Å²) in [6.45, 7) is 4.96. The van der Waals surface area contributed by atoms with Gasteiger partial charge in [0.05, 0.1) is 35.6 Å². The fourth-order valence-electron chi connectivity index (χ4n) is 4.43. The van der Waals surface area contributed by atoms with Gasteiger partial charge in [0, 0.05) is 53.8 Å². The number of pyridine rings is 1. The van der Waals surface area contributed by atoms with E-state index in [1.165, 1.54) is 20.3 Å². The van der Waals surface area contributed by atoms with Crippen LogP contribution in [0.3, 0.4) is 0 Å². The third kappa shape index (κ3) is 6.14. The van der Waals surface area contributed by atoms with Gasteiger partial charge in [0.15, 0.2) is 5.65 Å². The summed E-state index contributed by atoms with van der Waals surface area (Å²) in [6, 6.07) is 9.02. The summed E-state index contributed by atoms with van der Waals surface area (Å²) in [5.41, 5.74) is 3.62. The minimum absolute atomic E-state index is 0.132. The van der Waals surface area contributed by atoms with Crippen molar-refractivity contribution < 1.29 is 14.2 Å². The van der Waals surface area contributed by atoms with E-state index < -0.39 is 0 Å². The van der Waals surface area contributed by atoms with Crippen molar-refractivity contribution in [1.82, 2.24) is 24.3 Å². The van der Waals surface area contributed by atoms with Crippen LogP contribution in [0.1, 0.15) is 0 Å². The summed E-state index contributed by atoms with van der Waals surface area (Å²) < 4.78 is 18.7. The van der Waals surface area contributed by atoms with Crippen molar-refractivity contribution in [2.45, 2.75) is 0 Å². The number of fused-ring (bicyclic) bond motifs is 3. The van der Waals surface area contributed by atoms with Gasteiger partial charge in [-0.15, -0.1) is 0 Å². The van der Waals surface area contributed by atoms with Crippen LogP contribution in [0, 0.1) is 5.41 Å². The van der Waals surface area contributed by atoms with Crippen molar-refractivity contribution in [3.05, 3.63) is 71.6 Å². The molecule has 0 spiro atoms. The standard InChI is InChI=1S/C30H30Cl2N8O3/c1-6-24(33)36-21-14-18(43-12-11-39(2)3)7-8-20(21)37-30-35-16-17-13-19(29-34-9-10-40(29)28(17)38-30)25-26(31)22(41-4)15-23(42-5)27(25)32/h6-10,13-16H,1,11-12H2,2-5H3,(H2,33,36)(H,35,37,38). The number of likely N-dealkylation sites (N-methyl/N-ethyl adjacent to an activating group) is 1. The molecule has 0 amide bonds. The number of methoxy groups -OCH3 is 2. The highest BCUT2D eigenvalue weighted by molar-refractivity contribution is 6.41. The number of amidine groups is 1. The van der Waals surface area contributed by atoms with Gasteiger partial charge in [-0.1, -0.05) is 29.8 Å². The number of benzene rings is 2. The Morgan fingerprint density at radius 3 is 2.47 bits per heavy atom. The van der Waals surface area contributed by atoms with Crippen LogP contribution in [-0.2, 0) is 0 Å². The van der Waals surface area contributed by atoms with E-state index in [1.54, 1.807) is 24.7 Å². The number of hydrogen-bond acceptors (Lipinski definition) is 9. The molecule has 3 aromatic heterocycles. The molecule has 0 aliphatic rings. The number of anilines is 3. The van der Waals surface area contributed by atoms with Crippen LogP contribution < -0.4 is 24.8 Å². The number of imidazole rings is 1. The van der Waals surface area contributed by atoms with Crippen LogP contribution in [-0.4, -0.2) is 71.6 Å². The van der Waals surface area contributed by atoms with E-state index in [2.05, 4.69) is 27.2 Å². The first-order valence-electron chi connectivity index (χ1n) is 13.1. The SMILES string of the molecule is C=CC(=N)Nc1cc(OCCN(C)C)ccc1Nc1ncc2cc(-c3c(Cl)c(OC)cc(OC)c3Cl)c3nccn3c2n1. The zero-order chi connectivity index (χ0) is 30.7. The molecule has 11 nitrogen and oxygen atoms in total. The Morgan fingerprint density at radius 2 is 1.79 bits per heavy atom. The van der Waals surface area contributed by atoms with E-state index in [1.807, 2.05) is 47.7 Å². The molecule has 0 atom stereocenters. The van der Waals surface area contributed by atoms with Crippen molar-refractivity contribution in [1.29, 1.82) is 5.41 Å². The zero-order valence-electron chi connectivity index (χ0n) is 24.0. The Hall–Kier alpha value is -4.58. The summed E-state index contributed by atoms with van der Waals surface area (Å²) in [7, 11) is 7.02. The monoisotopic (exact) mass is 620 g/mol. The lowest BCUT2D eigenvalue weighted by Crippen LogP contribution is -2.19. The second-order valence-electron chi connectivity index (χ2n) is 9.66. The predicted octanol–water partition coefficient (Wildman–Crippen LogP) is 6.53. The lowest BCUT2D eigenvalue weighted by atomic mass is 10.0. The molecule has 13 heteroatoms. The molecule has 3 heterocycles. The lowest BCUT2D eigenvalue weighted by Gasteiger charge is -2.17. The quantitative estimate of drug-likeness (QED) is 0.112. The van der Waals surface area contributed by atoms with E-state index >= 15 is 0 Å². The fraction of sp³-hybridized carbons (Fsp3) is 0.200. The third-order valence-electron chi connectivity index (χ3n) is 6.57. The molecule has 2 aromatic carbocycles. The molecule has 0 saturated heterocycles. The number of aromatic nitrogens is 4. The number of rotatable bonds is 11. The van der Waals surface area contributed by atoms with Gasteiger partial charge in [0.2, 0.25) is 5.95 Å². The summed E-state index contributed by atoms with van der Waals surface area (Å²) in [5.74, 6) is 1.96. The average molecular weight is 622 g/mol. The van der Waals surface area contributed by atoms with Gasteiger partial charge in [-0.25, -0.2) is 9.97 Å². The average Bonchev–Trinajstić information content (AvgIpc) is 3.49. The van der Waals surface area contributed by atoms with Gasteiger partial charge in [-0.3, -0.25) is 9.81 Å². The first kappa shape index (κ1) is 29.9. The predicted molar refractivity (Wildman–Crippen MR) is 172 cm³/mol. The molecular formula is C30H30Cl2N8O3. The van der Waals surface area contributed by atoms with Gasteiger partial charge in [0.25, 0.3) is 0 Å². The molecule has 3 N–H and O–H groups in total. The van der Waals surface area contributed by atoms with E-state index in [9.17, 15) is 0 Å². The first-order valence-corrected chi connectivity index (χ1v) is 13.9. The molecule has 0 fully saturated rings. The van der Waals surface area contributed by atoms with Crippen LogP contribution in [0.4, 0.5) is 17.3 Å². The molecule has 0 bridgehead atoms. The second kappa shape index (κ2) is 12.7. The smallest absolute Gasteiger partial charge is 0.229 e. The van der Waals surface area contributed by atoms with Gasteiger partial charge >= 0.3 is 0 Å². The lowest BCUT2D eigenvalue weighted by molar-refractivity contribution is 0.261. The van der Waals surface area contributed by atoms with E-state index in [0.717, 1.165) is 11.9 Å². The molecule has 0 saturated carbocycles. The number of hydrogen-bond donors (Lipinski definition) is 3. The molecule has 5 rings (SSSR count). The molecule has 5 aromatic rings. The Labute approximate surface area is 258 Å². The maximum absolute atomic E-state index is 8.09. The Balaban J connectivity index is 1.56. The van der Waals surface area contributed by atoms with Crippen LogP contribution in [0.5, 0.6) is 17.2 Å². The molecule has 0 aliphatic heterocycles. The first-order chi connectivity index (χ1) is 20.7. The van der Waals surface area contributed by atoms with Crippen molar-refractivity contribution >= 4 is 63.0 Å². The zero-order valence-corrected chi connectivity index (χ0v) is 25.5. The normalized spacial score (nSPS) is 11.1. The Kier molecular flexibility index (Phi) is 8.86. The number of nitrogens with zero attached hydrogens (tertiary/aromatic N) is 5. The number of nitrogens with one attached hydrogen (secondary N) is 3. The van der Waals surface area contributed by atoms with Crippen LogP contribution in [0.15, 0.2) is 61.6 Å². The largest absolute Gasteiger partial charge is 0.495 e. The molecule has 222 valence electrons. The Morgan fingerprint density at radius 1 is 1.05 bits per heavy atom. The van der Waals surface area contributed by atoms with Crippen LogP contribution in [0.2, 0.25) is 10.0 Å². The molecule has 0 aliphatic carbocycles. The summed E-state index contributed by atoms with van der Waals surface area (Å²) in [4.78, 5) is 16.0. The molecular weight excluding hydrogens is 591 g/mol. The number of halogens is 2. The van der Waals surface area contributed by atoms with Crippen molar-refractivity contribution in [3.8, 4) is 28.4 Å². The van der Waals surface area contributed by atoms with Gasteiger partial charge in [0.1, 0.15) is 35.3 Å². The third-order valence-corrected chi connectivity index (χ3v) is 7.32. The molecule has 0 unspecified atom stereocenters. The Bertz CT molecular complexity index is 1810. The van der Waals surface area contributed by atoms with Crippen LogP contribution in [0.25, 0.3) is 27.8 Å². The van der Waals surface area contributed by atoms with Crippen molar-refractivity contribution in [2.24, 2.45) is 0 Å². The van der Waals surface area contributed by atoms with Gasteiger partial charge in [-0.05, 0) is 38.4 Å². The van der Waals surface area contributed by atoms with E-state index in [0.29, 0.717) is 73.6 Å². The highest BCUT2D eigenvalue weighted by atomic mass is 35.5. The highest BCUT2D eigenvalue weighted by Crippen LogP contribution is 2.47. The molecule has 0 radical (unpaired) electrons. The maximum atomic E-state index is 8.09. The van der Waals surface area contributed by atoms with E-state index in [4.69, 9.17) is 47.8 Å². The van der Waals surface area contributed by atoms with Crippen LogP contribution >= 0.6 is 23.2 Å². The molecule has 43 heavy (non-hydrogen) atoms. The fourth-order valence-corrected chi connectivity index (χ4v) is 5.13. The summed E-state index contributed by atoms with van der Waals surface area (Å²) >= 11 is 13.5. The van der Waals surface area contributed by atoms with Gasteiger partial charge < -0.3 is 29.7 Å². The topological polar surface area (TPSA) is 122 Å². The highest BCUT2D eigenvalue weighted by Gasteiger charge is 2.22. The minimum atomic E-state index is 0.132. The minimum Gasteiger partial charge on any atom is -0.495 e. The maximum Gasteiger partial charge on any atom is 0.229 e. The summed E-state index contributed by atoms with van der Waals surface area (Å²) in [5, 5.41) is 15.8. The summed E-state index contributed by atoms with van der Waals surface area (Å²) in [6.07, 6.45) is 6.59.